The highest BCUT2D eigenvalue weighted by Crippen LogP contribution is 2.29. The largest absolute Gasteiger partial charge is 0.497 e. The van der Waals surface area contributed by atoms with Gasteiger partial charge >= 0.3 is 0 Å². The van der Waals surface area contributed by atoms with E-state index in [1.807, 2.05) is 6.92 Å². The van der Waals surface area contributed by atoms with E-state index in [0.717, 1.165) is 17.1 Å². The number of ether oxygens (including phenoxy) is 1. The van der Waals surface area contributed by atoms with Crippen LogP contribution in [-0.2, 0) is 26.2 Å². The van der Waals surface area contributed by atoms with Gasteiger partial charge in [0, 0.05) is 28.2 Å². The van der Waals surface area contributed by atoms with Gasteiger partial charge in [-0.1, -0.05) is 67.2 Å². The molecule has 0 spiro atoms. The number of halogens is 3. The third-order valence-electron chi connectivity index (χ3n) is 6.59. The molecule has 0 aromatic heterocycles. The fourth-order valence-electron chi connectivity index (χ4n) is 4.29. The first-order valence-corrected chi connectivity index (χ1v) is 16.0. The second-order valence-corrected chi connectivity index (χ2v) is 12.6. The molecule has 12 heteroatoms. The minimum Gasteiger partial charge on any atom is -0.497 e. The van der Waals surface area contributed by atoms with E-state index >= 15 is 0 Å². The van der Waals surface area contributed by atoms with Crippen LogP contribution >= 0.6 is 34.8 Å². The number of carbonyl (C=O) groups excluding carboxylic acids is 2. The third-order valence-corrected chi connectivity index (χ3v) is 9.20. The third kappa shape index (κ3) is 8.53. The summed E-state index contributed by atoms with van der Waals surface area (Å²) in [5.74, 6) is -0.461. The van der Waals surface area contributed by atoms with E-state index in [4.69, 9.17) is 39.5 Å². The molecule has 0 aliphatic rings. The first-order chi connectivity index (χ1) is 20.0. The van der Waals surface area contributed by atoms with Crippen LogP contribution in [0.1, 0.15) is 38.7 Å². The molecule has 3 aromatic rings. The molecule has 8 nitrogen and oxygen atoms in total. The van der Waals surface area contributed by atoms with Crippen LogP contribution in [0, 0.1) is 0 Å². The van der Waals surface area contributed by atoms with Gasteiger partial charge in [0.15, 0.2) is 0 Å². The maximum Gasteiger partial charge on any atom is 0.264 e. The fourth-order valence-corrected chi connectivity index (χ4v) is 6.35. The fraction of sp³-hybridized carbons (Fsp3) is 0.333. The molecule has 0 bridgehead atoms. The van der Waals surface area contributed by atoms with Crippen LogP contribution < -0.4 is 14.4 Å². The standard InChI is InChI=1S/C30H34Cl3N3O5S/c1-4-6-16-34-30(38)28(5-2)35(19-21-10-11-23(32)18-27(21)33)29(37)20-36(24-9-7-8-22(31)17-24)42(39,40)26-14-12-25(41-3)13-15-26/h7-15,17-18,28H,4-6,16,19-20H2,1-3H3,(H,34,38). The first kappa shape index (κ1) is 33.5. The molecule has 1 unspecified atom stereocenters. The molecule has 0 fully saturated rings. The van der Waals surface area contributed by atoms with Gasteiger partial charge in [-0.25, -0.2) is 8.42 Å². The molecule has 0 saturated heterocycles. The topological polar surface area (TPSA) is 96.0 Å². The average molecular weight is 655 g/mol. The summed E-state index contributed by atoms with van der Waals surface area (Å²) in [6.45, 7) is 3.61. The van der Waals surface area contributed by atoms with Crippen molar-refractivity contribution in [1.82, 2.24) is 10.2 Å². The Morgan fingerprint density at radius 3 is 2.24 bits per heavy atom. The van der Waals surface area contributed by atoms with Gasteiger partial charge in [0.05, 0.1) is 17.7 Å². The van der Waals surface area contributed by atoms with Gasteiger partial charge < -0.3 is 15.0 Å². The van der Waals surface area contributed by atoms with Crippen LogP contribution in [0.5, 0.6) is 5.75 Å². The van der Waals surface area contributed by atoms with E-state index in [1.165, 1.54) is 42.3 Å². The number of carbonyl (C=O) groups is 2. The lowest BCUT2D eigenvalue weighted by Gasteiger charge is -2.33. The highest BCUT2D eigenvalue weighted by molar-refractivity contribution is 7.92. The van der Waals surface area contributed by atoms with Crippen molar-refractivity contribution in [2.45, 2.75) is 50.6 Å². The number of methoxy groups -OCH3 is 1. The second kappa shape index (κ2) is 15.5. The number of unbranched alkanes of at least 4 members (excludes halogenated alkanes) is 1. The van der Waals surface area contributed by atoms with Gasteiger partial charge in [-0.2, -0.15) is 0 Å². The van der Waals surface area contributed by atoms with Gasteiger partial charge in [0.1, 0.15) is 18.3 Å². The molecule has 42 heavy (non-hydrogen) atoms. The summed E-state index contributed by atoms with van der Waals surface area (Å²) in [6, 6.07) is 16.0. The molecular weight excluding hydrogens is 621 g/mol. The van der Waals surface area contributed by atoms with Crippen LogP contribution in [-0.4, -0.2) is 51.4 Å². The van der Waals surface area contributed by atoms with Crippen LogP contribution in [0.25, 0.3) is 0 Å². The molecule has 0 saturated carbocycles. The Bertz CT molecular complexity index is 1490. The smallest absolute Gasteiger partial charge is 0.264 e. The van der Waals surface area contributed by atoms with Crippen molar-refractivity contribution in [1.29, 1.82) is 0 Å². The monoisotopic (exact) mass is 653 g/mol. The normalized spacial score (nSPS) is 12.0. The number of anilines is 1. The Hall–Kier alpha value is -2.98. The van der Waals surface area contributed by atoms with E-state index in [9.17, 15) is 18.0 Å². The minimum atomic E-state index is -4.25. The van der Waals surface area contributed by atoms with Crippen molar-refractivity contribution < 1.29 is 22.7 Å². The van der Waals surface area contributed by atoms with Gasteiger partial charge in [-0.15, -0.1) is 0 Å². The van der Waals surface area contributed by atoms with Gasteiger partial charge in [-0.05, 0) is 73.0 Å². The van der Waals surface area contributed by atoms with E-state index in [0.29, 0.717) is 32.9 Å². The van der Waals surface area contributed by atoms with Crippen molar-refractivity contribution in [3.8, 4) is 5.75 Å². The predicted molar refractivity (Wildman–Crippen MR) is 168 cm³/mol. The van der Waals surface area contributed by atoms with E-state index in [-0.39, 0.29) is 29.5 Å². The van der Waals surface area contributed by atoms with Crippen LogP contribution in [0.2, 0.25) is 15.1 Å². The zero-order chi connectivity index (χ0) is 30.9. The molecule has 1 N–H and O–H groups in total. The SMILES string of the molecule is CCCCNC(=O)C(CC)N(Cc1ccc(Cl)cc1Cl)C(=O)CN(c1cccc(Cl)c1)S(=O)(=O)c1ccc(OC)cc1. The van der Waals surface area contributed by atoms with E-state index < -0.39 is 28.5 Å². The lowest BCUT2D eigenvalue weighted by atomic mass is 10.1. The summed E-state index contributed by atoms with van der Waals surface area (Å²) in [7, 11) is -2.78. The molecule has 0 radical (unpaired) electrons. The number of nitrogens with one attached hydrogen (secondary N) is 1. The molecule has 226 valence electrons. The summed E-state index contributed by atoms with van der Waals surface area (Å²) in [5, 5.41) is 3.92. The maximum absolute atomic E-state index is 14.1. The number of sulfonamides is 1. The first-order valence-electron chi connectivity index (χ1n) is 13.4. The zero-order valence-corrected chi connectivity index (χ0v) is 26.7. The quantitative estimate of drug-likeness (QED) is 0.198. The molecule has 0 aliphatic heterocycles. The number of hydrogen-bond donors (Lipinski definition) is 1. The van der Waals surface area contributed by atoms with Gasteiger partial charge in [0.25, 0.3) is 10.0 Å². The highest BCUT2D eigenvalue weighted by atomic mass is 35.5. The zero-order valence-electron chi connectivity index (χ0n) is 23.6. The number of rotatable bonds is 14. The van der Waals surface area contributed by atoms with Crippen molar-refractivity contribution >= 4 is 62.3 Å². The molecule has 2 amide bonds. The Morgan fingerprint density at radius 2 is 1.64 bits per heavy atom. The summed E-state index contributed by atoms with van der Waals surface area (Å²) in [5.41, 5.74) is 0.748. The number of benzene rings is 3. The Balaban J connectivity index is 2.06. The summed E-state index contributed by atoms with van der Waals surface area (Å²) >= 11 is 18.8. The second-order valence-electron chi connectivity index (χ2n) is 9.49. The number of hydrogen-bond acceptors (Lipinski definition) is 5. The highest BCUT2D eigenvalue weighted by Gasteiger charge is 2.34. The van der Waals surface area contributed by atoms with Crippen LogP contribution in [0.15, 0.2) is 71.6 Å². The van der Waals surface area contributed by atoms with Crippen molar-refractivity contribution in [3.05, 3.63) is 87.4 Å². The Labute approximate surface area is 262 Å². The molecule has 0 heterocycles. The van der Waals surface area contributed by atoms with Crippen molar-refractivity contribution in [2.75, 3.05) is 24.5 Å². The summed E-state index contributed by atoms with van der Waals surface area (Å²) in [6.07, 6.45) is 1.96. The van der Waals surface area contributed by atoms with Crippen LogP contribution in [0.4, 0.5) is 5.69 Å². The Kier molecular flexibility index (Phi) is 12.4. The lowest BCUT2D eigenvalue weighted by Crippen LogP contribution is -2.52. The summed E-state index contributed by atoms with van der Waals surface area (Å²) in [4.78, 5) is 28.7. The Morgan fingerprint density at radius 1 is 0.952 bits per heavy atom. The molecular formula is C30H34Cl3N3O5S. The van der Waals surface area contributed by atoms with E-state index in [1.54, 1.807) is 43.3 Å². The predicted octanol–water partition coefficient (Wildman–Crippen LogP) is 6.57. The molecule has 1 atom stereocenters. The maximum atomic E-state index is 14.1. The summed E-state index contributed by atoms with van der Waals surface area (Å²) < 4.78 is 34.1. The van der Waals surface area contributed by atoms with Crippen molar-refractivity contribution in [3.63, 3.8) is 0 Å². The minimum absolute atomic E-state index is 0.0412. The number of amides is 2. The molecule has 0 aliphatic carbocycles. The number of nitrogens with zero attached hydrogens (tertiary/aromatic N) is 2. The van der Waals surface area contributed by atoms with Crippen molar-refractivity contribution in [2.24, 2.45) is 0 Å². The average Bonchev–Trinajstić information content (AvgIpc) is 2.96. The molecule has 3 aromatic carbocycles. The lowest BCUT2D eigenvalue weighted by molar-refractivity contribution is -0.140. The van der Waals surface area contributed by atoms with Gasteiger partial charge in [-0.3, -0.25) is 13.9 Å². The molecule has 3 rings (SSSR count). The van der Waals surface area contributed by atoms with E-state index in [2.05, 4.69) is 5.32 Å². The van der Waals surface area contributed by atoms with Gasteiger partial charge in [0.2, 0.25) is 11.8 Å². The van der Waals surface area contributed by atoms with Crippen LogP contribution in [0.3, 0.4) is 0 Å².